The quantitative estimate of drug-likeness (QED) is 0.344. The summed E-state index contributed by atoms with van der Waals surface area (Å²) < 4.78 is 0. The van der Waals surface area contributed by atoms with E-state index in [0.29, 0.717) is 35.9 Å². The number of hydrogen-bond donors (Lipinski definition) is 2. The molecule has 5 nitrogen and oxygen atoms in total. The number of aliphatic hydroxyl groups is 1. The molecule has 6 rings (SSSR count). The molecule has 5 heteroatoms. The molecule has 5 fully saturated rings. The van der Waals surface area contributed by atoms with E-state index < -0.39 is 11.1 Å². The Morgan fingerprint density at radius 2 is 1.60 bits per heavy atom. The van der Waals surface area contributed by atoms with E-state index in [1.165, 1.54) is 31.3 Å². The van der Waals surface area contributed by atoms with Crippen LogP contribution in [0.15, 0.2) is 11.1 Å². The number of Topliss-reactive ketones (excluding diaryl/α,β-unsaturated/α-hetero) is 1. The van der Waals surface area contributed by atoms with Crippen molar-refractivity contribution in [2.75, 3.05) is 13.6 Å². The van der Waals surface area contributed by atoms with Gasteiger partial charge in [-0.15, -0.1) is 0 Å². The van der Waals surface area contributed by atoms with Crippen LogP contribution in [0.5, 0.6) is 0 Å². The lowest BCUT2D eigenvalue weighted by Crippen LogP contribution is -2.71. The molecule has 1 saturated heterocycles. The maximum Gasteiger partial charge on any atom is 0.239 e. The lowest BCUT2D eigenvalue weighted by molar-refractivity contribution is -0.258. The summed E-state index contributed by atoms with van der Waals surface area (Å²) in [5, 5.41) is 15.5. The van der Waals surface area contributed by atoms with Crippen molar-refractivity contribution in [2.45, 2.75) is 144 Å². The Labute approximate surface area is 256 Å². The summed E-state index contributed by atoms with van der Waals surface area (Å²) >= 11 is 0. The summed E-state index contributed by atoms with van der Waals surface area (Å²) in [6.07, 6.45) is 12.4. The number of nitrogens with zero attached hydrogens (tertiary/aromatic N) is 1. The number of likely N-dealkylation sites (N-methyl/N-ethyl adjacent to an activating group) is 1. The summed E-state index contributed by atoms with van der Waals surface area (Å²) in [7, 11) is 2.05. The molecule has 0 aromatic carbocycles. The molecule has 0 bridgehead atoms. The van der Waals surface area contributed by atoms with Gasteiger partial charge in [0, 0.05) is 11.8 Å². The van der Waals surface area contributed by atoms with Crippen LogP contribution in [0, 0.1) is 50.7 Å². The molecule has 42 heavy (non-hydrogen) atoms. The van der Waals surface area contributed by atoms with Crippen molar-refractivity contribution in [1.82, 2.24) is 10.2 Å². The molecule has 6 aliphatic rings. The second-order valence-electron chi connectivity index (χ2n) is 17.8. The first-order valence-electron chi connectivity index (χ1n) is 17.5. The molecule has 9 atom stereocenters. The lowest BCUT2D eigenvalue weighted by Gasteiger charge is -2.73. The fraction of sp³-hybridized carbons (Fsp3) is 0.892. The largest absolute Gasteiger partial charge is 0.370 e. The molecule has 0 aromatic heterocycles. The number of piperidine rings is 1. The predicted octanol–water partition coefficient (Wildman–Crippen LogP) is 7.28. The standard InChI is InChI=1S/C37H60N2O3/c1-23(2)29-26(40)22-33(5)17-19-35(7)24(30(29)33)13-14-28-34(6)18-20-37(42,32(3,4)27(34)15-16-36(28,35)8)38-31(41)25-12-10-11-21-39(25)9/h23-25,27-28,42H,10-22H2,1-9H3,(H,38,41)/t24-,25?,27+,28-,33+,34+,35-,36-,37+/m1/s1. The number of carbonyl (C=O) groups excluding carboxylic acids is 2. The van der Waals surface area contributed by atoms with Gasteiger partial charge < -0.3 is 10.4 Å². The van der Waals surface area contributed by atoms with Crippen LogP contribution >= 0.6 is 0 Å². The summed E-state index contributed by atoms with van der Waals surface area (Å²) in [4.78, 5) is 29.1. The topological polar surface area (TPSA) is 69.6 Å². The van der Waals surface area contributed by atoms with E-state index in [9.17, 15) is 14.7 Å². The number of amides is 1. The Bertz CT molecular complexity index is 1190. The number of nitrogens with one attached hydrogen (secondary N) is 1. The first kappa shape index (κ1) is 30.8. The van der Waals surface area contributed by atoms with Crippen molar-refractivity contribution >= 4 is 11.7 Å². The molecule has 0 spiro atoms. The normalized spacial score (nSPS) is 48.8. The third-order valence-corrected chi connectivity index (χ3v) is 15.4. The van der Waals surface area contributed by atoms with Crippen LogP contribution in [-0.2, 0) is 9.59 Å². The molecule has 1 unspecified atom stereocenters. The number of hydrogen-bond acceptors (Lipinski definition) is 4. The van der Waals surface area contributed by atoms with E-state index in [4.69, 9.17) is 0 Å². The Hall–Kier alpha value is -1.20. The maximum absolute atomic E-state index is 13.6. The first-order valence-corrected chi connectivity index (χ1v) is 17.5. The maximum atomic E-state index is 13.6. The molecule has 2 N–H and O–H groups in total. The monoisotopic (exact) mass is 580 g/mol. The van der Waals surface area contributed by atoms with Gasteiger partial charge in [0.15, 0.2) is 5.78 Å². The molecule has 5 aliphatic carbocycles. The van der Waals surface area contributed by atoms with E-state index in [2.05, 4.69) is 65.6 Å². The molecule has 0 radical (unpaired) electrons. The van der Waals surface area contributed by atoms with Crippen molar-refractivity contribution in [3.63, 3.8) is 0 Å². The third kappa shape index (κ3) is 3.93. The van der Waals surface area contributed by atoms with Crippen molar-refractivity contribution in [2.24, 2.45) is 50.7 Å². The minimum Gasteiger partial charge on any atom is -0.370 e. The highest BCUT2D eigenvalue weighted by Crippen LogP contribution is 2.77. The Balaban J connectivity index is 1.31. The van der Waals surface area contributed by atoms with Gasteiger partial charge in [-0.3, -0.25) is 14.5 Å². The number of rotatable bonds is 3. The van der Waals surface area contributed by atoms with Gasteiger partial charge in [-0.1, -0.05) is 67.4 Å². The smallest absolute Gasteiger partial charge is 0.239 e. The van der Waals surface area contributed by atoms with Crippen molar-refractivity contribution < 1.29 is 14.7 Å². The van der Waals surface area contributed by atoms with Gasteiger partial charge in [-0.2, -0.15) is 0 Å². The number of carbonyl (C=O) groups is 2. The highest BCUT2D eigenvalue weighted by atomic mass is 16.3. The van der Waals surface area contributed by atoms with Crippen LogP contribution in [0.3, 0.4) is 0 Å². The van der Waals surface area contributed by atoms with Gasteiger partial charge in [0.2, 0.25) is 5.91 Å². The minimum atomic E-state index is -1.19. The molecular weight excluding hydrogens is 520 g/mol. The number of likely N-dealkylation sites (tertiary alicyclic amines) is 1. The zero-order valence-electron chi connectivity index (χ0n) is 28.3. The molecule has 236 valence electrons. The Kier molecular flexibility index (Phi) is 7.08. The lowest BCUT2D eigenvalue weighted by atomic mass is 9.32. The van der Waals surface area contributed by atoms with Crippen molar-refractivity contribution in [1.29, 1.82) is 0 Å². The minimum absolute atomic E-state index is 0.00985. The summed E-state index contributed by atoms with van der Waals surface area (Å²) in [5.74, 6) is 2.16. The molecular formula is C37H60N2O3. The van der Waals surface area contributed by atoms with Crippen molar-refractivity contribution in [3.8, 4) is 0 Å². The zero-order valence-corrected chi connectivity index (χ0v) is 28.3. The van der Waals surface area contributed by atoms with Gasteiger partial charge in [0.05, 0.1) is 6.04 Å². The van der Waals surface area contributed by atoms with E-state index in [0.717, 1.165) is 51.5 Å². The van der Waals surface area contributed by atoms with Crippen molar-refractivity contribution in [3.05, 3.63) is 11.1 Å². The van der Waals surface area contributed by atoms with Gasteiger partial charge in [-0.05, 0) is 129 Å². The fourth-order valence-corrected chi connectivity index (χ4v) is 12.8. The predicted molar refractivity (Wildman–Crippen MR) is 168 cm³/mol. The average molecular weight is 581 g/mol. The van der Waals surface area contributed by atoms with Crippen LogP contribution in [-0.4, -0.2) is 47.1 Å². The van der Waals surface area contributed by atoms with Crippen LogP contribution in [0.25, 0.3) is 0 Å². The fourth-order valence-electron chi connectivity index (χ4n) is 12.8. The molecule has 1 heterocycles. The second-order valence-corrected chi connectivity index (χ2v) is 17.8. The Morgan fingerprint density at radius 3 is 2.26 bits per heavy atom. The highest BCUT2D eigenvalue weighted by molar-refractivity contribution is 6.00. The number of fused-ring (bicyclic) bond motifs is 7. The molecule has 1 aliphatic heterocycles. The zero-order chi connectivity index (χ0) is 30.7. The van der Waals surface area contributed by atoms with Gasteiger partial charge in [0.25, 0.3) is 0 Å². The van der Waals surface area contributed by atoms with Gasteiger partial charge in [0.1, 0.15) is 5.72 Å². The van der Waals surface area contributed by atoms with Gasteiger partial charge >= 0.3 is 0 Å². The van der Waals surface area contributed by atoms with E-state index in [1.54, 1.807) is 5.57 Å². The average Bonchev–Trinajstić information content (AvgIpc) is 3.18. The van der Waals surface area contributed by atoms with E-state index in [1.807, 2.05) is 7.05 Å². The molecule has 0 aromatic rings. The number of ketones is 1. The van der Waals surface area contributed by atoms with Crippen LogP contribution in [0.1, 0.15) is 132 Å². The highest BCUT2D eigenvalue weighted by Gasteiger charge is 2.71. The SMILES string of the molecule is CC(C)C1=C2[C@H]3CC[C@@H]4[C@@]5(C)CC[C@@](O)(NC(=O)C6CCCCN6C)C(C)(C)[C@@H]5CC[C@@]4(C)[C@]3(C)CC[C@@]2(C)CC1=O. The Morgan fingerprint density at radius 1 is 0.881 bits per heavy atom. The van der Waals surface area contributed by atoms with E-state index in [-0.39, 0.29) is 33.6 Å². The molecule has 1 amide bonds. The summed E-state index contributed by atoms with van der Waals surface area (Å²) in [6.45, 7) is 20.1. The number of allylic oxidation sites excluding steroid dienone is 2. The first-order chi connectivity index (χ1) is 19.5. The van der Waals surface area contributed by atoms with Gasteiger partial charge in [-0.25, -0.2) is 0 Å². The van der Waals surface area contributed by atoms with Crippen LogP contribution in [0.4, 0.5) is 0 Å². The summed E-state index contributed by atoms with van der Waals surface area (Å²) in [5.41, 5.74) is 1.68. The third-order valence-electron chi connectivity index (χ3n) is 15.4. The van der Waals surface area contributed by atoms with E-state index >= 15 is 0 Å². The second kappa shape index (κ2) is 9.65. The van der Waals surface area contributed by atoms with Crippen LogP contribution in [0.2, 0.25) is 0 Å². The molecule has 4 saturated carbocycles. The van der Waals surface area contributed by atoms with Crippen LogP contribution < -0.4 is 5.32 Å². The summed E-state index contributed by atoms with van der Waals surface area (Å²) in [6, 6.07) is -0.138.